The molecule has 10 rings (SSSR count). The number of tetrazole rings is 2. The lowest BCUT2D eigenvalue weighted by Crippen LogP contribution is -2.71. The van der Waals surface area contributed by atoms with Crippen LogP contribution in [0.25, 0.3) is 0 Å². The molecule has 3 saturated heterocycles. The van der Waals surface area contributed by atoms with Crippen molar-refractivity contribution in [1.29, 1.82) is 0 Å². The van der Waals surface area contributed by atoms with Gasteiger partial charge < -0.3 is 51.7 Å². The van der Waals surface area contributed by atoms with Crippen molar-refractivity contribution in [2.24, 2.45) is 14.1 Å². The number of carbonyl (C=O) groups is 10. The predicted molar refractivity (Wildman–Crippen MR) is 301 cm³/mol. The number of β-lactam (4-membered cyclic amide) rings is 2. The van der Waals surface area contributed by atoms with Crippen molar-refractivity contribution in [1.82, 2.24) is 86.3 Å². The summed E-state index contributed by atoms with van der Waals surface area (Å²) in [5.41, 5.74) is 1.51. The molecule has 0 saturated carbocycles. The van der Waals surface area contributed by atoms with Gasteiger partial charge in [-0.25, -0.2) is 23.7 Å². The normalized spacial score (nSPS) is 19.7. The third-order valence-corrected chi connectivity index (χ3v) is 18.6. The topological polar surface area (TPSA) is 433 Å². The number of carbonyl (C=O) groups excluding carboxylic acids is 8. The van der Waals surface area contributed by atoms with E-state index in [1.807, 2.05) is 0 Å². The number of aromatic nitrogens is 9. The highest BCUT2D eigenvalue weighted by atomic mass is 32.2. The first-order chi connectivity index (χ1) is 41.1. The first-order valence-corrected chi connectivity index (χ1v) is 29.7. The van der Waals surface area contributed by atoms with Crippen molar-refractivity contribution in [3.8, 4) is 17.2 Å². The average molecular weight is 1260 g/mol. The van der Waals surface area contributed by atoms with E-state index in [4.69, 9.17) is 0 Å². The van der Waals surface area contributed by atoms with Crippen LogP contribution in [0.15, 0.2) is 93.6 Å². The van der Waals surface area contributed by atoms with Crippen LogP contribution in [0.4, 0.5) is 4.79 Å². The number of nitrogens with zero attached hydrogens (tertiary/aromatic N) is 13. The molecule has 5 aromatic rings. The number of aryl methyl sites for hydroxylation is 3. The molecule has 2 aromatic carbocycles. The number of aromatic hydroxyl groups is 3. The second kappa shape index (κ2) is 25.9. The van der Waals surface area contributed by atoms with Crippen LogP contribution < -0.4 is 21.3 Å². The van der Waals surface area contributed by atoms with Gasteiger partial charge in [0, 0.05) is 74.7 Å². The van der Waals surface area contributed by atoms with E-state index in [1.165, 1.54) is 122 Å². The lowest BCUT2D eigenvalue weighted by Gasteiger charge is -2.49. The summed E-state index contributed by atoms with van der Waals surface area (Å²) in [6.45, 7) is 3.68. The molecule has 9 N–H and O–H groups in total. The van der Waals surface area contributed by atoms with E-state index in [0.29, 0.717) is 49.9 Å². The maximum absolute atomic E-state index is 13.6. The smallest absolute Gasteiger partial charge is 0.352 e. The van der Waals surface area contributed by atoms with Crippen LogP contribution in [0, 0.1) is 6.92 Å². The molecule has 5 aliphatic rings. The molecule has 9 amide bonds. The summed E-state index contributed by atoms with van der Waals surface area (Å²) in [5.74, 6) is -7.55. The number of hydrogen-bond donors (Lipinski definition) is 9. The molecule has 0 unspecified atom stereocenters. The summed E-state index contributed by atoms with van der Waals surface area (Å²) >= 11 is 5.02. The number of phenolic OH excluding ortho intramolecular Hbond substituents is 2. The number of likely N-dealkylation sites (N-methyl/N-ethyl adjacent to an activating group) is 1. The molecule has 5 aliphatic heterocycles. The molecule has 86 heavy (non-hydrogen) atoms. The Morgan fingerprint density at radius 1 is 0.674 bits per heavy atom. The van der Waals surface area contributed by atoms with Gasteiger partial charge in [-0.3, -0.25) is 53.2 Å². The van der Waals surface area contributed by atoms with Crippen LogP contribution in [-0.2, 0) is 52.5 Å². The summed E-state index contributed by atoms with van der Waals surface area (Å²) in [6.07, 6.45) is 1.17. The summed E-state index contributed by atoms with van der Waals surface area (Å²) in [6, 6.07) is 6.29. The second-order valence-corrected chi connectivity index (χ2v) is 23.3. The number of hydrogen-bond acceptors (Lipinski definition) is 24. The third-order valence-electron chi connectivity index (χ3n) is 13.7. The maximum atomic E-state index is 13.6. The fraction of sp³-hybridized carbons (Fsp3) is 0.340. The van der Waals surface area contributed by atoms with Crippen molar-refractivity contribution < 1.29 is 73.5 Å². The maximum Gasteiger partial charge on any atom is 0.352 e. The van der Waals surface area contributed by atoms with E-state index in [1.54, 1.807) is 27.9 Å². The Morgan fingerprint density at radius 2 is 1.14 bits per heavy atom. The molecule has 0 bridgehead atoms. The number of rotatable bonds is 18. The fourth-order valence-electron chi connectivity index (χ4n) is 9.29. The minimum atomic E-state index is -1.42. The van der Waals surface area contributed by atoms with E-state index in [2.05, 4.69) is 57.3 Å². The number of phenols is 2. The van der Waals surface area contributed by atoms with Gasteiger partial charge in [-0.1, -0.05) is 47.8 Å². The Kier molecular flexibility index (Phi) is 18.5. The zero-order valence-corrected chi connectivity index (χ0v) is 48.7. The summed E-state index contributed by atoms with van der Waals surface area (Å²) in [7, 11) is 3.30. The molecule has 3 fully saturated rings. The summed E-state index contributed by atoms with van der Waals surface area (Å²) < 4.78 is 2.89. The Morgan fingerprint density at radius 3 is 1.56 bits per heavy atom. The van der Waals surface area contributed by atoms with Crippen molar-refractivity contribution in [3.05, 3.63) is 106 Å². The van der Waals surface area contributed by atoms with E-state index in [0.717, 1.165) is 9.80 Å². The Labute approximate surface area is 502 Å². The monoisotopic (exact) mass is 1260 g/mol. The third kappa shape index (κ3) is 12.7. The van der Waals surface area contributed by atoms with Gasteiger partial charge in [0.25, 0.3) is 17.7 Å². The number of nitrogens with one attached hydrogen (secondary N) is 4. The van der Waals surface area contributed by atoms with Crippen LogP contribution in [0.1, 0.15) is 46.2 Å². The Balaban J connectivity index is 0.000000206. The van der Waals surface area contributed by atoms with Gasteiger partial charge in [0.1, 0.15) is 63.6 Å². The van der Waals surface area contributed by atoms with Crippen LogP contribution in [-0.4, -0.2) is 215 Å². The predicted octanol–water partition coefficient (Wildman–Crippen LogP) is -0.785. The first kappa shape index (κ1) is 61.3. The lowest BCUT2D eigenvalue weighted by molar-refractivity contribution is -0.153. The highest BCUT2D eigenvalue weighted by molar-refractivity contribution is 8.01. The van der Waals surface area contributed by atoms with Crippen molar-refractivity contribution in [2.45, 2.75) is 59.1 Å². The average Bonchev–Trinajstić information content (AvgIpc) is 0.849. The van der Waals surface area contributed by atoms with Crippen LogP contribution >= 0.6 is 47.0 Å². The van der Waals surface area contributed by atoms with Crippen molar-refractivity contribution >= 4 is 106 Å². The molecule has 36 heteroatoms. The number of benzene rings is 2. The molecule has 0 spiro atoms. The van der Waals surface area contributed by atoms with Gasteiger partial charge >= 0.3 is 29.8 Å². The van der Waals surface area contributed by atoms with Gasteiger partial charge in [-0.15, -0.1) is 33.7 Å². The molecule has 0 aliphatic carbocycles. The van der Waals surface area contributed by atoms with Gasteiger partial charge in [0.15, 0.2) is 0 Å². The SMILES string of the molecule is CCN1CCN(C(=O)N[C@@H](C(=O)N[C@@H]2C(=O)N3C(C(=O)O)=C(CSc4nnnn4C)CS[C@H]23)c2ccc(O)cc2)C(=O)C1=O.Cc1cc(O)c(C(=O)N[C@@H](C(=O)N[C@@H]2C(=O)N3C(C(=O)O)=C(CSc4nnnn4C)CS[C@H]23)c2ccc(O)cc2)cn1. The number of pyridine rings is 1. The molecular formula is C50H51N17O15S4. The molecule has 6 atom stereocenters. The van der Waals surface area contributed by atoms with E-state index in [9.17, 15) is 73.5 Å². The summed E-state index contributed by atoms with van der Waals surface area (Å²) in [4.78, 5) is 137. The number of thioether (sulfide) groups is 4. The van der Waals surface area contributed by atoms with E-state index >= 15 is 0 Å². The minimum Gasteiger partial charge on any atom is -0.508 e. The van der Waals surface area contributed by atoms with Crippen LogP contribution in [0.5, 0.6) is 17.2 Å². The molecule has 3 aromatic heterocycles. The van der Waals surface area contributed by atoms with E-state index < -0.39 is 94.2 Å². The van der Waals surface area contributed by atoms with E-state index in [-0.39, 0.29) is 70.1 Å². The van der Waals surface area contributed by atoms with Crippen molar-refractivity contribution in [2.75, 3.05) is 42.6 Å². The van der Waals surface area contributed by atoms with Crippen molar-refractivity contribution in [3.63, 3.8) is 0 Å². The number of amides is 9. The van der Waals surface area contributed by atoms with Crippen LogP contribution in [0.2, 0.25) is 0 Å². The van der Waals surface area contributed by atoms with Gasteiger partial charge in [-0.2, -0.15) is 0 Å². The molecule has 450 valence electrons. The standard InChI is InChI=1S/C25H27N9O8S2.C25H24N8O7S2/c1-3-32-8-9-33(21(39)20(32)38)24(42)27-15(12-4-6-14(35)7-5-12)18(36)26-16-19(37)34-17(23(40)41)13(10-43-22(16)34)11-44-25-28-29-30-31(25)2;1-11-7-16(35)15(8-26-11)20(36)27-17(12-3-5-14(34)6-4-12)21(37)28-18-22(38)33-19(24(39)40)13(9-41-23(18)33)10-42-25-29-30-31-32(25)2/h4-7,15-16,22,35H,3,8-11H2,1-2H3,(H,26,36)(H,27,42)(H,40,41);3-8,17-18,23,34H,9-10H2,1-2H3,(H,26,35)(H,27,36)(H,28,37)(H,39,40)/t15-,16-,22-;17-,18-,23-/m11/s1. The number of carboxylic acids is 2. The Hall–Kier alpha value is -9.29. The fourth-order valence-corrected chi connectivity index (χ4v) is 14.0. The zero-order chi connectivity index (χ0) is 61.8. The number of piperazine rings is 1. The molecular weight excluding hydrogens is 1210 g/mol. The molecule has 8 heterocycles. The van der Waals surface area contributed by atoms with Crippen LogP contribution in [0.3, 0.4) is 0 Å². The van der Waals surface area contributed by atoms with Gasteiger partial charge in [0.2, 0.25) is 22.1 Å². The first-order valence-electron chi connectivity index (χ1n) is 25.6. The highest BCUT2D eigenvalue weighted by Crippen LogP contribution is 2.43. The lowest BCUT2D eigenvalue weighted by atomic mass is 10.0. The Bertz CT molecular complexity index is 3640. The second-order valence-electron chi connectivity index (χ2n) is 19.2. The molecule has 32 nitrogen and oxygen atoms in total. The quantitative estimate of drug-likeness (QED) is 0.0295. The molecule has 0 radical (unpaired) electrons. The minimum absolute atomic E-state index is 0.0644. The number of aliphatic carboxylic acids is 2. The van der Waals surface area contributed by atoms with Gasteiger partial charge in [-0.05, 0) is 81.2 Å². The zero-order valence-electron chi connectivity index (χ0n) is 45.5. The highest BCUT2D eigenvalue weighted by Gasteiger charge is 2.56. The van der Waals surface area contributed by atoms with Gasteiger partial charge in [0.05, 0.1) is 5.56 Å². The number of carboxylic acid groups (broad SMARTS) is 2. The number of fused-ring (bicyclic) bond motifs is 2. The summed E-state index contributed by atoms with van der Waals surface area (Å²) in [5, 5.41) is 81.7. The number of urea groups is 1. The number of imide groups is 1. The largest absolute Gasteiger partial charge is 0.508 e.